The van der Waals surface area contributed by atoms with Crippen LogP contribution in [0.4, 0.5) is 5.69 Å². The number of methoxy groups -OCH3 is 1. The maximum Gasteiger partial charge on any atom is 0.307 e. The molecule has 1 heterocycles. The van der Waals surface area contributed by atoms with Gasteiger partial charge in [0.25, 0.3) is 5.91 Å². The number of halogens is 1. The van der Waals surface area contributed by atoms with Crippen molar-refractivity contribution in [1.29, 1.82) is 0 Å². The van der Waals surface area contributed by atoms with Gasteiger partial charge in [-0.2, -0.15) is 0 Å². The van der Waals surface area contributed by atoms with Gasteiger partial charge in [0, 0.05) is 29.2 Å². The number of carbonyl (C=O) groups is 4. The molecule has 0 saturated carbocycles. The van der Waals surface area contributed by atoms with E-state index in [9.17, 15) is 19.2 Å². The predicted octanol–water partition coefficient (Wildman–Crippen LogP) is 2.62. The van der Waals surface area contributed by atoms with Gasteiger partial charge < -0.3 is 20.3 Å². The van der Waals surface area contributed by atoms with Gasteiger partial charge in [0.2, 0.25) is 11.8 Å². The summed E-state index contributed by atoms with van der Waals surface area (Å²) in [5.74, 6) is -1.29. The Morgan fingerprint density at radius 1 is 1.09 bits per heavy atom. The van der Waals surface area contributed by atoms with Crippen molar-refractivity contribution in [2.24, 2.45) is 0 Å². The summed E-state index contributed by atoms with van der Waals surface area (Å²) in [5, 5.41) is 5.83. The number of nitrogens with one attached hydrogen (secondary N) is 2. The van der Waals surface area contributed by atoms with E-state index in [1.807, 2.05) is 0 Å². The summed E-state index contributed by atoms with van der Waals surface area (Å²) in [6.07, 6.45) is 1.29. The number of hydrogen-bond donors (Lipinski definition) is 2. The zero-order valence-electron chi connectivity index (χ0n) is 17.6. The van der Waals surface area contributed by atoms with Crippen LogP contribution in [0.2, 0.25) is 5.02 Å². The number of anilines is 1. The SMILES string of the molecule is COC(=O)C[C@H](NC(=O)CNC(=O)c1ccc(N2CCCC2=O)cc1)c1ccc(Cl)cc1. The van der Waals surface area contributed by atoms with Crippen molar-refractivity contribution in [3.63, 3.8) is 0 Å². The first-order valence-electron chi connectivity index (χ1n) is 10.2. The third-order valence-corrected chi connectivity index (χ3v) is 5.38. The van der Waals surface area contributed by atoms with Gasteiger partial charge in [-0.3, -0.25) is 19.2 Å². The Kier molecular flexibility index (Phi) is 7.83. The Hall–Kier alpha value is -3.39. The Bertz CT molecular complexity index is 992. The standard InChI is InChI=1S/C23H24ClN3O5/c1-32-22(30)13-19(15-4-8-17(24)9-5-15)26-20(28)14-25-23(31)16-6-10-18(11-7-16)27-12-2-3-21(27)29/h4-11,19H,2-3,12-14H2,1H3,(H,25,31)(H,26,28)/t19-/m0/s1. The molecule has 3 amide bonds. The molecule has 0 bridgehead atoms. The van der Waals surface area contributed by atoms with Gasteiger partial charge in [-0.1, -0.05) is 23.7 Å². The lowest BCUT2D eigenvalue weighted by Crippen LogP contribution is -2.39. The first-order valence-corrected chi connectivity index (χ1v) is 10.6. The van der Waals surface area contributed by atoms with Crippen LogP contribution in [0.25, 0.3) is 0 Å². The van der Waals surface area contributed by atoms with E-state index in [4.69, 9.17) is 16.3 Å². The number of carbonyl (C=O) groups excluding carboxylic acids is 4. The molecule has 1 aliphatic rings. The van der Waals surface area contributed by atoms with Crippen molar-refractivity contribution in [1.82, 2.24) is 10.6 Å². The largest absolute Gasteiger partial charge is 0.469 e. The molecule has 3 rings (SSSR count). The van der Waals surface area contributed by atoms with Gasteiger partial charge in [-0.15, -0.1) is 0 Å². The van der Waals surface area contributed by atoms with E-state index in [-0.39, 0.29) is 18.9 Å². The number of benzene rings is 2. The summed E-state index contributed by atoms with van der Waals surface area (Å²) in [4.78, 5) is 50.1. The van der Waals surface area contributed by atoms with Gasteiger partial charge in [0.1, 0.15) is 0 Å². The molecule has 2 aromatic rings. The summed E-state index contributed by atoms with van der Waals surface area (Å²) in [6.45, 7) is 0.404. The van der Waals surface area contributed by atoms with Crippen molar-refractivity contribution in [3.05, 3.63) is 64.7 Å². The Balaban J connectivity index is 1.57. The summed E-state index contributed by atoms with van der Waals surface area (Å²) >= 11 is 5.91. The summed E-state index contributed by atoms with van der Waals surface area (Å²) < 4.78 is 4.71. The number of hydrogen-bond acceptors (Lipinski definition) is 5. The molecule has 168 valence electrons. The van der Waals surface area contributed by atoms with Crippen molar-refractivity contribution in [3.8, 4) is 0 Å². The second kappa shape index (κ2) is 10.8. The van der Waals surface area contributed by atoms with Crippen LogP contribution in [0.3, 0.4) is 0 Å². The lowest BCUT2D eigenvalue weighted by molar-refractivity contribution is -0.141. The predicted molar refractivity (Wildman–Crippen MR) is 119 cm³/mol. The lowest BCUT2D eigenvalue weighted by Gasteiger charge is -2.19. The highest BCUT2D eigenvalue weighted by molar-refractivity contribution is 6.30. The Labute approximate surface area is 190 Å². The molecular formula is C23H24ClN3O5. The van der Waals surface area contributed by atoms with Gasteiger partial charge in [0.15, 0.2) is 0 Å². The second-order valence-corrected chi connectivity index (χ2v) is 7.77. The molecule has 2 aromatic carbocycles. The molecule has 0 spiro atoms. The summed E-state index contributed by atoms with van der Waals surface area (Å²) in [7, 11) is 1.27. The third-order valence-electron chi connectivity index (χ3n) is 5.13. The molecule has 1 atom stereocenters. The van der Waals surface area contributed by atoms with Crippen LogP contribution in [-0.4, -0.2) is 43.9 Å². The maximum absolute atomic E-state index is 12.4. The highest BCUT2D eigenvalue weighted by Gasteiger charge is 2.22. The molecule has 8 nitrogen and oxygen atoms in total. The zero-order valence-corrected chi connectivity index (χ0v) is 18.4. The van der Waals surface area contributed by atoms with Crippen LogP contribution in [0.1, 0.15) is 41.2 Å². The van der Waals surface area contributed by atoms with Crippen LogP contribution >= 0.6 is 11.6 Å². The number of esters is 1. The summed E-state index contributed by atoms with van der Waals surface area (Å²) in [5.41, 5.74) is 1.80. The van der Waals surface area contributed by atoms with E-state index in [0.717, 1.165) is 12.1 Å². The van der Waals surface area contributed by atoms with Gasteiger partial charge >= 0.3 is 5.97 Å². The maximum atomic E-state index is 12.4. The fourth-order valence-corrected chi connectivity index (χ4v) is 3.55. The first kappa shape index (κ1) is 23.3. The molecule has 0 radical (unpaired) electrons. The molecule has 0 aliphatic carbocycles. The van der Waals surface area contributed by atoms with Gasteiger partial charge in [-0.25, -0.2) is 0 Å². The van der Waals surface area contributed by atoms with E-state index >= 15 is 0 Å². The fourth-order valence-electron chi connectivity index (χ4n) is 3.42. The quantitative estimate of drug-likeness (QED) is 0.593. The fraction of sp³-hybridized carbons (Fsp3) is 0.304. The average Bonchev–Trinajstić information content (AvgIpc) is 3.23. The van der Waals surface area contributed by atoms with Crippen LogP contribution in [0.5, 0.6) is 0 Å². The lowest BCUT2D eigenvalue weighted by atomic mass is 10.0. The number of ether oxygens (including phenoxy) is 1. The molecule has 0 aromatic heterocycles. The van der Waals surface area contributed by atoms with E-state index in [2.05, 4.69) is 10.6 Å². The van der Waals surface area contributed by atoms with Crippen LogP contribution in [0.15, 0.2) is 48.5 Å². The zero-order chi connectivity index (χ0) is 23.1. The third kappa shape index (κ3) is 6.07. The van der Waals surface area contributed by atoms with Crippen LogP contribution < -0.4 is 15.5 Å². The normalized spacial score (nSPS) is 14.1. The molecule has 32 heavy (non-hydrogen) atoms. The first-order chi connectivity index (χ1) is 15.4. The molecule has 0 unspecified atom stereocenters. The highest BCUT2D eigenvalue weighted by atomic mass is 35.5. The van der Waals surface area contributed by atoms with E-state index in [0.29, 0.717) is 29.1 Å². The molecule has 2 N–H and O–H groups in total. The number of nitrogens with zero attached hydrogens (tertiary/aromatic N) is 1. The topological polar surface area (TPSA) is 105 Å². The smallest absolute Gasteiger partial charge is 0.307 e. The monoisotopic (exact) mass is 457 g/mol. The van der Waals surface area contributed by atoms with Gasteiger partial charge in [0.05, 0.1) is 26.1 Å². The molecule has 1 saturated heterocycles. The minimum absolute atomic E-state index is 0.0610. The number of rotatable bonds is 8. The minimum atomic E-state index is -0.624. The number of amides is 3. The van der Waals surface area contributed by atoms with Crippen LogP contribution in [-0.2, 0) is 19.1 Å². The molecule has 1 fully saturated rings. The molecule has 9 heteroatoms. The Morgan fingerprint density at radius 3 is 2.38 bits per heavy atom. The van der Waals surface area contributed by atoms with E-state index < -0.39 is 23.8 Å². The molecular weight excluding hydrogens is 434 g/mol. The molecule has 1 aliphatic heterocycles. The highest BCUT2D eigenvalue weighted by Crippen LogP contribution is 2.22. The minimum Gasteiger partial charge on any atom is -0.469 e. The van der Waals surface area contributed by atoms with Gasteiger partial charge in [-0.05, 0) is 48.4 Å². The summed E-state index contributed by atoms with van der Waals surface area (Å²) in [6, 6.07) is 12.8. The van der Waals surface area contributed by atoms with E-state index in [1.54, 1.807) is 53.4 Å². The van der Waals surface area contributed by atoms with Crippen molar-refractivity contribution < 1.29 is 23.9 Å². The van der Waals surface area contributed by atoms with Crippen molar-refractivity contribution in [2.45, 2.75) is 25.3 Å². The average molecular weight is 458 g/mol. The Morgan fingerprint density at radius 2 is 1.78 bits per heavy atom. The van der Waals surface area contributed by atoms with E-state index in [1.165, 1.54) is 7.11 Å². The second-order valence-electron chi connectivity index (χ2n) is 7.33. The van der Waals surface area contributed by atoms with Crippen LogP contribution in [0, 0.1) is 0 Å². The van der Waals surface area contributed by atoms with Crippen molar-refractivity contribution in [2.75, 3.05) is 25.1 Å². The van der Waals surface area contributed by atoms with Crippen molar-refractivity contribution >= 4 is 41.0 Å².